The van der Waals surface area contributed by atoms with Gasteiger partial charge in [-0.2, -0.15) is 0 Å². The van der Waals surface area contributed by atoms with Gasteiger partial charge in [-0.25, -0.2) is 4.98 Å². The molecule has 0 aromatic carbocycles. The maximum atomic E-state index is 5.71. The van der Waals surface area contributed by atoms with Gasteiger partial charge in [0.15, 0.2) is 0 Å². The highest BCUT2D eigenvalue weighted by Gasteiger charge is 2.13. The van der Waals surface area contributed by atoms with Gasteiger partial charge >= 0.3 is 0 Å². The zero-order valence-corrected chi connectivity index (χ0v) is 11.4. The lowest BCUT2D eigenvalue weighted by Gasteiger charge is -2.23. The van der Waals surface area contributed by atoms with Crippen molar-refractivity contribution >= 4 is 22.9 Å². The monoisotopic (exact) mass is 267 g/mol. The number of hydrogen-bond acceptors (Lipinski definition) is 4. The summed E-state index contributed by atoms with van der Waals surface area (Å²) in [5.74, 6) is 0. The van der Waals surface area contributed by atoms with Gasteiger partial charge in [-0.05, 0) is 25.4 Å². The lowest BCUT2D eigenvalue weighted by atomic mass is 10.2. The van der Waals surface area contributed by atoms with Crippen LogP contribution in [0.3, 0.4) is 0 Å². The third-order valence-corrected chi connectivity index (χ3v) is 3.94. The van der Waals surface area contributed by atoms with Crippen LogP contribution in [-0.4, -0.2) is 21.9 Å². The molecule has 1 atom stereocenters. The van der Waals surface area contributed by atoms with Gasteiger partial charge in [0.1, 0.15) is 5.15 Å². The van der Waals surface area contributed by atoms with Gasteiger partial charge in [0.05, 0.1) is 18.1 Å². The molecule has 0 spiro atoms. The van der Waals surface area contributed by atoms with Gasteiger partial charge in [-0.15, -0.1) is 11.3 Å². The molecule has 0 radical (unpaired) electrons. The molecular weight excluding hydrogens is 254 g/mol. The van der Waals surface area contributed by atoms with Crippen LogP contribution >= 0.6 is 22.9 Å². The topological polar surface area (TPSA) is 29.0 Å². The molecule has 0 saturated heterocycles. The number of rotatable bonds is 4. The summed E-state index contributed by atoms with van der Waals surface area (Å²) in [6, 6.07) is 4.61. The van der Waals surface area contributed by atoms with Gasteiger partial charge in [0.2, 0.25) is 0 Å². The van der Waals surface area contributed by atoms with Gasteiger partial charge < -0.3 is 0 Å². The molecule has 0 amide bonds. The Balaban J connectivity index is 2.01. The second kappa shape index (κ2) is 5.58. The van der Waals surface area contributed by atoms with Crippen molar-refractivity contribution in [2.75, 3.05) is 7.05 Å². The molecule has 2 aromatic heterocycles. The van der Waals surface area contributed by atoms with Gasteiger partial charge in [0, 0.05) is 17.5 Å². The quantitative estimate of drug-likeness (QED) is 0.850. The average Bonchev–Trinajstić information content (AvgIpc) is 2.84. The van der Waals surface area contributed by atoms with E-state index in [-0.39, 0.29) is 0 Å². The molecule has 0 aliphatic carbocycles. The van der Waals surface area contributed by atoms with Crippen LogP contribution < -0.4 is 0 Å². The molecule has 5 heteroatoms. The van der Waals surface area contributed by atoms with Crippen LogP contribution in [0.1, 0.15) is 23.5 Å². The molecule has 0 saturated carbocycles. The predicted octanol–water partition coefficient (Wildman–Crippen LogP) is 3.38. The Labute approximate surface area is 110 Å². The molecule has 2 heterocycles. The zero-order valence-electron chi connectivity index (χ0n) is 9.80. The molecule has 2 aromatic rings. The van der Waals surface area contributed by atoms with E-state index in [1.165, 1.54) is 4.88 Å². The molecule has 1 unspecified atom stereocenters. The largest absolute Gasteiger partial charge is 0.293 e. The van der Waals surface area contributed by atoms with E-state index in [9.17, 15) is 0 Å². The minimum absolute atomic E-state index is 0.382. The van der Waals surface area contributed by atoms with Crippen LogP contribution in [0.5, 0.6) is 0 Å². The summed E-state index contributed by atoms with van der Waals surface area (Å²) < 4.78 is 0. The lowest BCUT2D eigenvalue weighted by Crippen LogP contribution is -2.21. The van der Waals surface area contributed by atoms with E-state index >= 15 is 0 Å². The highest BCUT2D eigenvalue weighted by molar-refractivity contribution is 7.10. The van der Waals surface area contributed by atoms with Crippen molar-refractivity contribution in [3.05, 3.63) is 45.6 Å². The Bertz CT molecular complexity index is 455. The smallest absolute Gasteiger partial charge is 0.147 e. The van der Waals surface area contributed by atoms with Gasteiger partial charge in [-0.3, -0.25) is 9.88 Å². The minimum atomic E-state index is 0.382. The second-order valence-electron chi connectivity index (χ2n) is 3.94. The minimum Gasteiger partial charge on any atom is -0.293 e. The third-order valence-electron chi connectivity index (χ3n) is 2.70. The Morgan fingerprint density at radius 2 is 2.24 bits per heavy atom. The Morgan fingerprint density at radius 3 is 2.82 bits per heavy atom. The van der Waals surface area contributed by atoms with Crippen LogP contribution in [0.4, 0.5) is 0 Å². The molecular formula is C12H14ClN3S. The van der Waals surface area contributed by atoms with Gasteiger partial charge in [-0.1, -0.05) is 17.7 Å². The fraction of sp³-hybridized carbons (Fsp3) is 0.333. The lowest BCUT2D eigenvalue weighted by molar-refractivity contribution is 0.253. The molecule has 3 nitrogen and oxygen atoms in total. The first kappa shape index (κ1) is 12.5. The van der Waals surface area contributed by atoms with Crippen LogP contribution in [0.2, 0.25) is 5.15 Å². The second-order valence-corrected chi connectivity index (χ2v) is 5.30. The van der Waals surface area contributed by atoms with Crippen molar-refractivity contribution < 1.29 is 0 Å². The molecule has 0 N–H and O–H groups in total. The first-order chi connectivity index (χ1) is 8.16. The summed E-state index contributed by atoms with van der Waals surface area (Å²) in [7, 11) is 2.08. The van der Waals surface area contributed by atoms with Crippen molar-refractivity contribution in [2.24, 2.45) is 0 Å². The number of nitrogens with zero attached hydrogens (tertiary/aromatic N) is 3. The van der Waals surface area contributed by atoms with Crippen LogP contribution in [-0.2, 0) is 6.54 Å². The van der Waals surface area contributed by atoms with E-state index in [1.54, 1.807) is 23.7 Å². The summed E-state index contributed by atoms with van der Waals surface area (Å²) in [6.45, 7) is 2.96. The normalized spacial score (nSPS) is 12.9. The molecule has 90 valence electrons. The van der Waals surface area contributed by atoms with Crippen molar-refractivity contribution in [2.45, 2.75) is 19.5 Å². The standard InChI is InChI=1S/C12H14ClN3S/c1-9(11-4-3-5-17-11)16(2)8-10-6-15-12(13)7-14-10/h3-7,9H,8H2,1-2H3. The van der Waals surface area contributed by atoms with Crippen molar-refractivity contribution in [3.8, 4) is 0 Å². The third kappa shape index (κ3) is 3.25. The number of thiophene rings is 1. The first-order valence-electron chi connectivity index (χ1n) is 5.37. The summed E-state index contributed by atoms with van der Waals surface area (Å²) in [5.41, 5.74) is 0.931. The summed E-state index contributed by atoms with van der Waals surface area (Å²) in [6.07, 6.45) is 3.31. The number of halogens is 1. The molecule has 0 fully saturated rings. The van der Waals surface area contributed by atoms with E-state index < -0.39 is 0 Å². The highest BCUT2D eigenvalue weighted by Crippen LogP contribution is 2.24. The Hall–Kier alpha value is -0.970. The van der Waals surface area contributed by atoms with Crippen molar-refractivity contribution in [1.29, 1.82) is 0 Å². The fourth-order valence-corrected chi connectivity index (χ4v) is 2.51. The predicted molar refractivity (Wildman–Crippen MR) is 71.2 cm³/mol. The van der Waals surface area contributed by atoms with E-state index in [0.717, 1.165) is 12.2 Å². The summed E-state index contributed by atoms with van der Waals surface area (Å²) in [5, 5.41) is 2.53. The Kier molecular flexibility index (Phi) is 4.10. The summed E-state index contributed by atoms with van der Waals surface area (Å²) >= 11 is 7.48. The van der Waals surface area contributed by atoms with Crippen LogP contribution in [0.15, 0.2) is 29.9 Å². The van der Waals surface area contributed by atoms with Crippen LogP contribution in [0.25, 0.3) is 0 Å². The number of hydrogen-bond donors (Lipinski definition) is 0. The fourth-order valence-electron chi connectivity index (χ4n) is 1.56. The molecule has 0 bridgehead atoms. The Morgan fingerprint density at radius 1 is 1.41 bits per heavy atom. The van der Waals surface area contributed by atoms with Crippen molar-refractivity contribution in [3.63, 3.8) is 0 Å². The van der Waals surface area contributed by atoms with E-state index in [4.69, 9.17) is 11.6 Å². The number of aromatic nitrogens is 2. The van der Waals surface area contributed by atoms with Crippen LogP contribution in [0, 0.1) is 0 Å². The van der Waals surface area contributed by atoms with E-state index in [1.807, 2.05) is 0 Å². The maximum Gasteiger partial charge on any atom is 0.147 e. The van der Waals surface area contributed by atoms with E-state index in [2.05, 4.69) is 46.4 Å². The molecule has 0 aliphatic rings. The van der Waals surface area contributed by atoms with E-state index in [0.29, 0.717) is 11.2 Å². The summed E-state index contributed by atoms with van der Waals surface area (Å²) in [4.78, 5) is 11.9. The highest BCUT2D eigenvalue weighted by atomic mass is 35.5. The zero-order chi connectivity index (χ0) is 12.3. The molecule has 2 rings (SSSR count). The molecule has 0 aliphatic heterocycles. The molecule has 17 heavy (non-hydrogen) atoms. The maximum absolute atomic E-state index is 5.71. The first-order valence-corrected chi connectivity index (χ1v) is 6.62. The van der Waals surface area contributed by atoms with Gasteiger partial charge in [0.25, 0.3) is 0 Å². The SMILES string of the molecule is CC(c1cccs1)N(C)Cc1cnc(Cl)cn1. The average molecular weight is 268 g/mol. The van der Waals surface area contributed by atoms with Crippen molar-refractivity contribution in [1.82, 2.24) is 14.9 Å².